The van der Waals surface area contributed by atoms with Crippen LogP contribution in [-0.2, 0) is 10.2 Å². The summed E-state index contributed by atoms with van der Waals surface area (Å²) in [5.41, 5.74) is 1.38. The van der Waals surface area contributed by atoms with Crippen LogP contribution in [0, 0.1) is 6.92 Å². The van der Waals surface area contributed by atoms with Gasteiger partial charge in [-0.2, -0.15) is 12.7 Å². The van der Waals surface area contributed by atoms with Crippen molar-refractivity contribution < 1.29 is 8.42 Å². The lowest BCUT2D eigenvalue weighted by atomic mass is 10.3. The first-order chi connectivity index (χ1) is 9.49. The molecule has 0 aliphatic heterocycles. The Morgan fingerprint density at radius 3 is 2.85 bits per heavy atom. The number of pyridine rings is 1. The zero-order valence-electron chi connectivity index (χ0n) is 12.0. The van der Waals surface area contributed by atoms with Crippen molar-refractivity contribution in [3.63, 3.8) is 0 Å². The second-order valence-corrected chi connectivity index (χ2v) is 6.98. The molecule has 1 aliphatic rings. The molecule has 1 saturated carbocycles. The second-order valence-electron chi connectivity index (χ2n) is 5.20. The van der Waals surface area contributed by atoms with Crippen molar-refractivity contribution in [3.8, 4) is 0 Å². The molecule has 1 aromatic rings. The van der Waals surface area contributed by atoms with E-state index < -0.39 is 10.2 Å². The Balaban J connectivity index is 1.83. The van der Waals surface area contributed by atoms with Crippen LogP contribution in [0.4, 0.5) is 5.69 Å². The van der Waals surface area contributed by atoms with Crippen molar-refractivity contribution >= 4 is 15.9 Å². The van der Waals surface area contributed by atoms with Gasteiger partial charge in [-0.05, 0) is 44.4 Å². The summed E-state index contributed by atoms with van der Waals surface area (Å²) in [5.74, 6) is 0. The van der Waals surface area contributed by atoms with Gasteiger partial charge in [-0.15, -0.1) is 0 Å². The molecule has 0 spiro atoms. The fourth-order valence-electron chi connectivity index (χ4n) is 1.80. The summed E-state index contributed by atoms with van der Waals surface area (Å²) in [6, 6.07) is 2.44. The molecular formula is C13H22N4O2S. The number of hydrogen-bond donors (Lipinski definition) is 2. The summed E-state index contributed by atoms with van der Waals surface area (Å²) in [6.45, 7) is 3.20. The normalized spacial score (nSPS) is 15.6. The Bertz CT molecular complexity index is 543. The zero-order chi connectivity index (χ0) is 14.6. The van der Waals surface area contributed by atoms with Gasteiger partial charge in [0.25, 0.3) is 0 Å². The first kappa shape index (κ1) is 15.2. The molecule has 1 aromatic heterocycles. The molecule has 0 amide bonds. The van der Waals surface area contributed by atoms with Gasteiger partial charge in [-0.25, -0.2) is 0 Å². The maximum Gasteiger partial charge on any atom is 0.301 e. The molecule has 2 rings (SSSR count). The lowest BCUT2D eigenvalue weighted by Gasteiger charge is -2.19. The molecule has 0 atom stereocenters. The molecule has 0 radical (unpaired) electrons. The zero-order valence-corrected chi connectivity index (χ0v) is 12.8. The van der Waals surface area contributed by atoms with Crippen LogP contribution in [0.3, 0.4) is 0 Å². The summed E-state index contributed by atoms with van der Waals surface area (Å²) in [4.78, 5) is 3.94. The predicted molar refractivity (Wildman–Crippen MR) is 79.8 cm³/mol. The molecule has 0 aromatic carbocycles. The summed E-state index contributed by atoms with van der Waals surface area (Å²) in [5, 5.41) is 3.37. The van der Waals surface area contributed by atoms with E-state index in [1.54, 1.807) is 19.3 Å². The van der Waals surface area contributed by atoms with Crippen LogP contribution in [-0.4, -0.2) is 43.9 Å². The van der Waals surface area contributed by atoms with E-state index in [9.17, 15) is 8.42 Å². The van der Waals surface area contributed by atoms with Crippen molar-refractivity contribution in [1.82, 2.24) is 14.6 Å². The quantitative estimate of drug-likeness (QED) is 0.705. The Labute approximate surface area is 120 Å². The summed E-state index contributed by atoms with van der Waals surface area (Å²) in [7, 11) is -1.92. The highest BCUT2D eigenvalue weighted by atomic mass is 32.2. The lowest BCUT2D eigenvalue weighted by Crippen LogP contribution is -2.34. The topological polar surface area (TPSA) is 74.3 Å². The summed E-state index contributed by atoms with van der Waals surface area (Å²) in [6.07, 6.45) is 6.46. The molecule has 2 N–H and O–H groups in total. The van der Waals surface area contributed by atoms with Crippen molar-refractivity contribution in [2.75, 3.05) is 24.9 Å². The largest absolute Gasteiger partial charge is 0.314 e. The van der Waals surface area contributed by atoms with E-state index in [0.29, 0.717) is 18.3 Å². The highest BCUT2D eigenvalue weighted by molar-refractivity contribution is 7.90. The van der Waals surface area contributed by atoms with Crippen LogP contribution in [0.5, 0.6) is 0 Å². The predicted octanol–water partition coefficient (Wildman–Crippen LogP) is 1.12. The molecular weight excluding hydrogens is 276 g/mol. The average molecular weight is 298 g/mol. The van der Waals surface area contributed by atoms with Crippen LogP contribution in [0.15, 0.2) is 18.5 Å². The van der Waals surface area contributed by atoms with Crippen molar-refractivity contribution in [2.45, 2.75) is 32.2 Å². The summed E-state index contributed by atoms with van der Waals surface area (Å²) < 4.78 is 28.2. The molecule has 1 heterocycles. The van der Waals surface area contributed by atoms with E-state index in [4.69, 9.17) is 0 Å². The van der Waals surface area contributed by atoms with Crippen molar-refractivity contribution in [1.29, 1.82) is 0 Å². The van der Waals surface area contributed by atoms with E-state index >= 15 is 0 Å². The third-order valence-electron chi connectivity index (χ3n) is 3.35. The molecule has 7 heteroatoms. The van der Waals surface area contributed by atoms with Crippen LogP contribution in [0.2, 0.25) is 0 Å². The number of nitrogens with zero attached hydrogens (tertiary/aromatic N) is 2. The van der Waals surface area contributed by atoms with Gasteiger partial charge in [-0.1, -0.05) is 0 Å². The van der Waals surface area contributed by atoms with Gasteiger partial charge < -0.3 is 5.32 Å². The standard InChI is InChI=1S/C13H22N4O2S/c1-11-6-8-14-10-13(11)16-20(18,19)17(2)9-3-7-15-12-4-5-12/h6,8,10,12,15-16H,3-5,7,9H2,1-2H3. The minimum absolute atomic E-state index is 0.494. The Morgan fingerprint density at radius 1 is 1.45 bits per heavy atom. The van der Waals surface area contributed by atoms with Crippen molar-refractivity contribution in [3.05, 3.63) is 24.0 Å². The van der Waals surface area contributed by atoms with E-state index in [0.717, 1.165) is 18.5 Å². The first-order valence-corrected chi connectivity index (χ1v) is 8.31. The molecule has 0 bridgehead atoms. The minimum atomic E-state index is -3.51. The van der Waals surface area contributed by atoms with Crippen molar-refractivity contribution in [2.24, 2.45) is 0 Å². The molecule has 6 nitrogen and oxygen atoms in total. The molecule has 1 aliphatic carbocycles. The number of nitrogens with one attached hydrogen (secondary N) is 2. The minimum Gasteiger partial charge on any atom is -0.314 e. The van der Waals surface area contributed by atoms with Gasteiger partial charge in [-0.3, -0.25) is 9.71 Å². The fraction of sp³-hybridized carbons (Fsp3) is 0.615. The lowest BCUT2D eigenvalue weighted by molar-refractivity contribution is 0.457. The molecule has 20 heavy (non-hydrogen) atoms. The van der Waals surface area contributed by atoms with Gasteiger partial charge in [0.2, 0.25) is 0 Å². The number of hydrogen-bond acceptors (Lipinski definition) is 4. The third kappa shape index (κ3) is 4.43. The maximum atomic E-state index is 12.2. The fourth-order valence-corrected chi connectivity index (χ4v) is 2.82. The van der Waals surface area contributed by atoms with Crippen LogP contribution in [0.1, 0.15) is 24.8 Å². The Hall–Kier alpha value is -1.18. The second kappa shape index (κ2) is 6.51. The van der Waals surface area contributed by atoms with Gasteiger partial charge >= 0.3 is 10.2 Å². The van der Waals surface area contributed by atoms with Crippen LogP contribution < -0.4 is 10.0 Å². The number of aromatic nitrogens is 1. The first-order valence-electron chi connectivity index (χ1n) is 6.87. The Morgan fingerprint density at radius 2 is 2.20 bits per heavy atom. The summed E-state index contributed by atoms with van der Waals surface area (Å²) >= 11 is 0. The molecule has 0 saturated heterocycles. The van der Waals surface area contributed by atoms with E-state index in [1.165, 1.54) is 23.3 Å². The Kier molecular flexibility index (Phi) is 4.95. The smallest absolute Gasteiger partial charge is 0.301 e. The van der Waals surface area contributed by atoms with Gasteiger partial charge in [0, 0.05) is 25.8 Å². The SMILES string of the molecule is Cc1ccncc1NS(=O)(=O)N(C)CCCNC1CC1. The maximum absolute atomic E-state index is 12.2. The number of rotatable bonds is 8. The molecule has 0 unspecified atom stereocenters. The van der Waals surface area contributed by atoms with Gasteiger partial charge in [0.15, 0.2) is 0 Å². The van der Waals surface area contributed by atoms with Gasteiger partial charge in [0.05, 0.1) is 11.9 Å². The van der Waals surface area contributed by atoms with E-state index in [-0.39, 0.29) is 0 Å². The number of anilines is 1. The van der Waals surface area contributed by atoms with Crippen LogP contribution in [0.25, 0.3) is 0 Å². The third-order valence-corrected chi connectivity index (χ3v) is 4.83. The monoisotopic (exact) mass is 298 g/mol. The molecule has 112 valence electrons. The van der Waals surface area contributed by atoms with Gasteiger partial charge in [0.1, 0.15) is 0 Å². The number of aryl methyl sites for hydroxylation is 1. The van der Waals surface area contributed by atoms with E-state index in [1.807, 2.05) is 6.92 Å². The van der Waals surface area contributed by atoms with Crippen LogP contribution >= 0.6 is 0 Å². The molecule has 1 fully saturated rings. The highest BCUT2D eigenvalue weighted by Crippen LogP contribution is 2.18. The highest BCUT2D eigenvalue weighted by Gasteiger charge is 2.21. The average Bonchev–Trinajstić information content (AvgIpc) is 3.21. The van der Waals surface area contributed by atoms with E-state index in [2.05, 4.69) is 15.0 Å².